The summed E-state index contributed by atoms with van der Waals surface area (Å²) in [6.45, 7) is -4.52. The van der Waals surface area contributed by atoms with Gasteiger partial charge in [0.2, 0.25) is 0 Å². The van der Waals surface area contributed by atoms with Gasteiger partial charge in [0, 0.05) is 23.4 Å². The van der Waals surface area contributed by atoms with Gasteiger partial charge in [-0.15, -0.1) is 0 Å². The van der Waals surface area contributed by atoms with Crippen molar-refractivity contribution < 1.29 is 214 Å². The fourth-order valence-corrected chi connectivity index (χ4v) is 20.1. The summed E-state index contributed by atoms with van der Waals surface area (Å²) < 4.78 is 91.8. The Labute approximate surface area is 807 Å². The van der Waals surface area contributed by atoms with Gasteiger partial charge in [-0.25, -0.2) is 0 Å². The van der Waals surface area contributed by atoms with Gasteiger partial charge in [-0.1, -0.05) is 218 Å². The van der Waals surface area contributed by atoms with E-state index in [-0.39, 0.29) is 32.1 Å². The highest BCUT2D eigenvalue weighted by Gasteiger charge is 2.58. The Kier molecular flexibility index (Phi) is 52.0. The summed E-state index contributed by atoms with van der Waals surface area (Å²) in [5.74, 6) is -1.12. The lowest BCUT2D eigenvalue weighted by atomic mass is 9.76. The lowest BCUT2D eigenvalue weighted by Crippen LogP contribution is -2.65. The van der Waals surface area contributed by atoms with Gasteiger partial charge in [0.15, 0.2) is 44.0 Å². The molecule has 43 heteroatoms. The number of rotatable bonds is 62. The van der Waals surface area contributed by atoms with E-state index in [1.165, 1.54) is 51.4 Å². The Morgan fingerprint density at radius 2 is 0.478 bits per heavy atom. The molecule has 1 aliphatic carbocycles. The molecule has 7 heterocycles. The average molecular weight is 2000 g/mol. The van der Waals surface area contributed by atoms with Gasteiger partial charge in [0.25, 0.3) is 0 Å². The molecule has 0 amide bonds. The van der Waals surface area contributed by atoms with Crippen molar-refractivity contribution in [2.75, 3.05) is 79.3 Å². The quantitative estimate of drug-likeness (QED) is 0.0275. The van der Waals surface area contributed by atoms with Gasteiger partial charge in [0.1, 0.15) is 183 Å². The largest absolute Gasteiger partial charge is 0.396 e. The van der Waals surface area contributed by atoms with Crippen LogP contribution in [0.15, 0.2) is 24.3 Å². The maximum absolute atomic E-state index is 12.3. The molecule has 0 aromatic heterocycles. The van der Waals surface area contributed by atoms with Crippen molar-refractivity contribution in [1.82, 2.24) is 0 Å². The first-order valence-corrected chi connectivity index (χ1v) is 50.5. The molecule has 8 aliphatic rings. The second-order valence-electron chi connectivity index (χ2n) is 39.6. The molecule has 9 rings (SSSR count). The second kappa shape index (κ2) is 60.2. The van der Waals surface area contributed by atoms with E-state index in [2.05, 4.69) is 13.8 Å². The van der Waals surface area contributed by atoms with Crippen molar-refractivity contribution >= 4 is 0 Å². The van der Waals surface area contributed by atoms with Gasteiger partial charge < -0.3 is 214 Å². The first kappa shape index (κ1) is 119. The van der Waals surface area contributed by atoms with E-state index in [0.717, 1.165) is 103 Å². The minimum absolute atomic E-state index is 0.0582. The molecule has 8 fully saturated rings. The monoisotopic (exact) mass is 2000 g/mol. The van der Waals surface area contributed by atoms with Crippen LogP contribution >= 0.6 is 0 Å². The lowest BCUT2D eigenvalue weighted by Gasteiger charge is -2.47. The van der Waals surface area contributed by atoms with Crippen molar-refractivity contribution in [3.8, 4) is 0 Å². The molecule has 17 unspecified atom stereocenters. The second-order valence-corrected chi connectivity index (χ2v) is 39.6. The Morgan fingerprint density at radius 1 is 0.246 bits per heavy atom. The number of ether oxygens (including phenoxy) is 15. The summed E-state index contributed by atoms with van der Waals surface area (Å²) in [6, 6.07) is 7.11. The van der Waals surface area contributed by atoms with Crippen LogP contribution in [0.4, 0.5) is 0 Å². The van der Waals surface area contributed by atoms with Crippen LogP contribution in [0.3, 0.4) is 0 Å². The SMILES string of the molecule is CCCCCCCCCCCCCCCCC(CO[C@@H]1OC(CO)[C@@H](O[C@H]2OC(CO)[C@@H](O)[C@H](O)C2O)[C@H](O)C1O)(CO[C@@H]1OC(CO)[C@@H](O[C@@H]2OC(CO)[C@@H](O)[C@H](O)C2O)[C@H](O)C1O)Cc1cccc(C[C@](CCCCCCCCCCCCCCCC)(CO[C@@H]2OC(CO)[C@@H](O[C@@H]3OC(CO)[C@@H](O)[C@H](O)C3O)[C@H](O)C2O)CO[C@@H]2CC(CO)[C@@H](O[C@@H]3OC(CO)[C@@H](O)[C@H](O)C3O)[C@H](O)C2O)c1. The molecule has 138 heavy (non-hydrogen) atoms. The van der Waals surface area contributed by atoms with E-state index < -0.39 is 335 Å². The third-order valence-corrected chi connectivity index (χ3v) is 28.9. The summed E-state index contributed by atoms with van der Waals surface area (Å²) in [4.78, 5) is 0. The van der Waals surface area contributed by atoms with E-state index in [9.17, 15) is 143 Å². The van der Waals surface area contributed by atoms with Crippen molar-refractivity contribution in [3.63, 3.8) is 0 Å². The molecule has 43 nitrogen and oxygen atoms in total. The predicted octanol–water partition coefficient (Wildman–Crippen LogP) is -4.29. The van der Waals surface area contributed by atoms with Crippen LogP contribution in [0.2, 0.25) is 0 Å². The van der Waals surface area contributed by atoms with E-state index in [4.69, 9.17) is 71.1 Å². The molecule has 1 aromatic carbocycles. The lowest BCUT2D eigenvalue weighted by molar-refractivity contribution is -0.365. The van der Waals surface area contributed by atoms with Crippen LogP contribution in [0.25, 0.3) is 0 Å². The highest BCUT2D eigenvalue weighted by Crippen LogP contribution is 2.43. The highest BCUT2D eigenvalue weighted by atomic mass is 16.8. The molecule has 7 aliphatic heterocycles. The van der Waals surface area contributed by atoms with Gasteiger partial charge in [-0.05, 0) is 43.2 Å². The smallest absolute Gasteiger partial charge is 0.187 e. The number of hydrogen-bond donors (Lipinski definition) is 28. The minimum atomic E-state index is -2.07. The normalized spacial score (nSPS) is 39.8. The standard InChI is InChI=1S/C95H168O43/c1-3-5-7-9-11-13-15-17-19-21-23-25-27-29-34-94(48-124-55-37-54(40-96)83(72(113)63(55)104)135-90-76(117)68(109)64(105)56(41-97)128-90,49-125-87-80(121)73(114)84(60(45-101)132-87)136-91-77(118)69(110)65(106)57(42-98)129-91)38-52-32-31-33-53(36-52)39-95(35-30-28-26-24-22-20-18-16-14-12-10-8-6-4-2,50-126-88-81(122)74(115)85(61(46-102)133-88)137-92-78(119)70(111)66(107)58(43-99)130-92)51-127-89-82(123)75(116)86(62(47-103)134-89)138-93-79(120)71(112)67(108)59(44-100)131-93/h31-33,36,54-93,96-123H,3-30,34-35,37-51H2,1-2H3/t54?,55-,56?,57?,58?,59?,60?,61?,62?,63?,64-,65-,66-,67-,68+,69+,70+,71+,72-,73-,74-,75-,76?,77?,78?,79?,80?,81?,82?,83-,84-,85-,86-,87-,88-,89-,90+,91+,92-,93+,94+,95?/m1/s1. The average Bonchev–Trinajstić information content (AvgIpc) is 0.792. The fraction of sp³-hybridized carbons (Fsp3) is 0.937. The Bertz CT molecular complexity index is 3030. The van der Waals surface area contributed by atoms with Crippen LogP contribution < -0.4 is 0 Å². The number of aliphatic hydroxyl groups excluding tert-OH is 28. The number of unbranched alkanes of at least 4 members (excludes halogenated alkanes) is 26. The van der Waals surface area contributed by atoms with E-state index >= 15 is 0 Å². The van der Waals surface area contributed by atoms with Crippen molar-refractivity contribution in [1.29, 1.82) is 0 Å². The van der Waals surface area contributed by atoms with E-state index in [0.29, 0.717) is 36.8 Å². The van der Waals surface area contributed by atoms with Crippen molar-refractivity contribution in [3.05, 3.63) is 35.4 Å². The van der Waals surface area contributed by atoms with Crippen LogP contribution in [-0.4, -0.2) is 462 Å². The zero-order valence-electron chi connectivity index (χ0n) is 79.9. The first-order valence-electron chi connectivity index (χ1n) is 50.5. The first-order chi connectivity index (χ1) is 66.3. The molecule has 1 saturated carbocycles. The summed E-state index contributed by atoms with van der Waals surface area (Å²) >= 11 is 0. The third kappa shape index (κ3) is 32.8. The van der Waals surface area contributed by atoms with Gasteiger partial charge in [-0.3, -0.25) is 0 Å². The Balaban J connectivity index is 1.09. The molecule has 1 aromatic rings. The number of aliphatic hydroxyl groups is 28. The maximum atomic E-state index is 12.3. The minimum Gasteiger partial charge on any atom is -0.396 e. The Hall–Kier alpha value is -2.50. The van der Waals surface area contributed by atoms with Crippen LogP contribution in [-0.2, 0) is 83.9 Å². The third-order valence-electron chi connectivity index (χ3n) is 28.9. The van der Waals surface area contributed by atoms with Crippen molar-refractivity contribution in [2.45, 2.75) is 465 Å². The molecule has 806 valence electrons. The highest BCUT2D eigenvalue weighted by molar-refractivity contribution is 5.26. The molecule has 0 spiro atoms. The van der Waals surface area contributed by atoms with Gasteiger partial charge in [0.05, 0.1) is 84.9 Å². The number of hydrogen-bond acceptors (Lipinski definition) is 43. The zero-order valence-corrected chi connectivity index (χ0v) is 79.9. The summed E-state index contributed by atoms with van der Waals surface area (Å²) in [6.07, 6.45) is -43.3. The molecule has 42 atom stereocenters. The van der Waals surface area contributed by atoms with Crippen LogP contribution in [0.1, 0.15) is 224 Å². The van der Waals surface area contributed by atoms with Gasteiger partial charge in [-0.2, -0.15) is 0 Å². The molecular weight excluding hydrogens is 1830 g/mol. The van der Waals surface area contributed by atoms with E-state index in [1.54, 1.807) is 18.2 Å². The molecule has 7 saturated heterocycles. The fourth-order valence-electron chi connectivity index (χ4n) is 20.1. The summed E-state index contributed by atoms with van der Waals surface area (Å²) in [5.41, 5.74) is -1.80. The topological polar surface area (TPSA) is 705 Å². The number of benzene rings is 1. The van der Waals surface area contributed by atoms with Crippen LogP contribution in [0.5, 0.6) is 0 Å². The van der Waals surface area contributed by atoms with Crippen molar-refractivity contribution in [2.24, 2.45) is 16.7 Å². The molecule has 28 N–H and O–H groups in total. The molecule has 0 radical (unpaired) electrons. The molecular formula is C95H168O43. The van der Waals surface area contributed by atoms with Gasteiger partial charge >= 0.3 is 0 Å². The summed E-state index contributed by atoms with van der Waals surface area (Å²) in [7, 11) is 0. The summed E-state index contributed by atoms with van der Waals surface area (Å²) in [5, 5.41) is 311. The van der Waals surface area contributed by atoms with Crippen LogP contribution in [0, 0.1) is 16.7 Å². The molecule has 0 bridgehead atoms. The maximum Gasteiger partial charge on any atom is 0.187 e. The van der Waals surface area contributed by atoms with E-state index in [1.807, 2.05) is 6.07 Å². The zero-order chi connectivity index (χ0) is 101. The predicted molar refractivity (Wildman–Crippen MR) is 481 cm³/mol. The Morgan fingerprint density at radius 3 is 0.739 bits per heavy atom.